The Balaban J connectivity index is 0.00000144. The van der Waals surface area contributed by atoms with Crippen LogP contribution in [0.3, 0.4) is 0 Å². The Kier molecular flexibility index (Phi) is 6.37. The van der Waals surface area contributed by atoms with Crippen molar-refractivity contribution in [3.05, 3.63) is 29.8 Å². The van der Waals surface area contributed by atoms with Crippen LogP contribution in [0, 0.1) is 0 Å². The number of phenolic OH excluding ortho intramolecular Hbond substituents is 1. The second kappa shape index (κ2) is 6.75. The molecule has 0 spiro atoms. The van der Waals surface area contributed by atoms with E-state index in [1.165, 1.54) is 5.56 Å². The van der Waals surface area contributed by atoms with E-state index in [1.807, 2.05) is 19.2 Å². The quantitative estimate of drug-likeness (QED) is 0.731. The van der Waals surface area contributed by atoms with Gasteiger partial charge in [-0.15, -0.1) is 12.4 Å². The molecule has 0 aromatic heterocycles. The van der Waals surface area contributed by atoms with Gasteiger partial charge < -0.3 is 10.4 Å². The molecule has 0 unspecified atom stereocenters. The van der Waals surface area contributed by atoms with E-state index in [4.69, 9.17) is 5.11 Å². The number of benzene rings is 1. The third kappa shape index (κ3) is 4.76. The van der Waals surface area contributed by atoms with E-state index in [-0.39, 0.29) is 12.4 Å². The molecule has 2 nitrogen and oxygen atoms in total. The molecule has 0 amide bonds. The van der Waals surface area contributed by atoms with Crippen LogP contribution in [0.15, 0.2) is 24.3 Å². The van der Waals surface area contributed by atoms with Gasteiger partial charge in [-0.1, -0.05) is 12.1 Å². The number of aryl methyl sites for hydroxylation is 1. The topological polar surface area (TPSA) is 32.3 Å². The van der Waals surface area contributed by atoms with E-state index < -0.39 is 0 Å². The van der Waals surface area contributed by atoms with Crippen molar-refractivity contribution in [1.82, 2.24) is 5.32 Å². The van der Waals surface area contributed by atoms with E-state index in [1.54, 1.807) is 12.1 Å². The molecule has 1 aromatic carbocycles. The van der Waals surface area contributed by atoms with E-state index >= 15 is 0 Å². The molecule has 13 heavy (non-hydrogen) atoms. The summed E-state index contributed by atoms with van der Waals surface area (Å²) in [6.07, 6.45) is 2.21. The van der Waals surface area contributed by atoms with Gasteiger partial charge in [0, 0.05) is 0 Å². The van der Waals surface area contributed by atoms with Crippen molar-refractivity contribution in [2.45, 2.75) is 12.8 Å². The van der Waals surface area contributed by atoms with Gasteiger partial charge in [0.25, 0.3) is 0 Å². The first-order valence-corrected chi connectivity index (χ1v) is 4.25. The summed E-state index contributed by atoms with van der Waals surface area (Å²) in [5.41, 5.74) is 1.28. The lowest BCUT2D eigenvalue weighted by atomic mass is 10.1. The Morgan fingerprint density at radius 2 is 1.85 bits per heavy atom. The Bertz CT molecular complexity index is 223. The van der Waals surface area contributed by atoms with Crippen LogP contribution in [0.2, 0.25) is 0 Å². The monoisotopic (exact) mass is 201 g/mol. The van der Waals surface area contributed by atoms with Gasteiger partial charge in [-0.25, -0.2) is 0 Å². The van der Waals surface area contributed by atoms with Gasteiger partial charge in [0.1, 0.15) is 5.75 Å². The molecule has 0 atom stereocenters. The van der Waals surface area contributed by atoms with Crippen molar-refractivity contribution in [2.24, 2.45) is 0 Å². The number of hydrogen-bond donors (Lipinski definition) is 2. The molecule has 0 aliphatic carbocycles. The fraction of sp³-hybridized carbons (Fsp3) is 0.400. The van der Waals surface area contributed by atoms with E-state index in [2.05, 4.69) is 5.32 Å². The average molecular weight is 202 g/mol. The molecule has 0 fully saturated rings. The average Bonchev–Trinajstić information content (AvgIpc) is 2.09. The second-order valence-electron chi connectivity index (χ2n) is 2.87. The number of aromatic hydroxyl groups is 1. The van der Waals surface area contributed by atoms with Crippen LogP contribution in [-0.4, -0.2) is 18.7 Å². The van der Waals surface area contributed by atoms with Gasteiger partial charge in [0.15, 0.2) is 0 Å². The van der Waals surface area contributed by atoms with Gasteiger partial charge in [0.05, 0.1) is 0 Å². The fourth-order valence-electron chi connectivity index (χ4n) is 1.13. The van der Waals surface area contributed by atoms with E-state index in [9.17, 15) is 0 Å². The lowest BCUT2D eigenvalue weighted by Crippen LogP contribution is -2.08. The predicted octanol–water partition coefficient (Wildman–Crippen LogP) is 1.97. The summed E-state index contributed by atoms with van der Waals surface area (Å²) in [7, 11) is 1.96. The highest BCUT2D eigenvalue weighted by molar-refractivity contribution is 5.85. The van der Waals surface area contributed by atoms with Crippen LogP contribution in [-0.2, 0) is 6.42 Å². The zero-order valence-electron chi connectivity index (χ0n) is 7.79. The first-order chi connectivity index (χ1) is 5.83. The Labute approximate surface area is 85.4 Å². The molecule has 74 valence electrons. The van der Waals surface area contributed by atoms with Crippen LogP contribution in [0.5, 0.6) is 5.75 Å². The summed E-state index contributed by atoms with van der Waals surface area (Å²) in [6, 6.07) is 7.39. The molecule has 3 heteroatoms. The van der Waals surface area contributed by atoms with Crippen molar-refractivity contribution in [1.29, 1.82) is 0 Å². The minimum absolute atomic E-state index is 0. The normalized spacial score (nSPS) is 9.31. The summed E-state index contributed by atoms with van der Waals surface area (Å²) >= 11 is 0. The van der Waals surface area contributed by atoms with Crippen LogP contribution in [0.4, 0.5) is 0 Å². The number of halogens is 1. The molecule has 1 aromatic rings. The first kappa shape index (κ1) is 12.3. The summed E-state index contributed by atoms with van der Waals surface area (Å²) in [5, 5.41) is 12.1. The Morgan fingerprint density at radius 3 is 2.38 bits per heavy atom. The minimum atomic E-state index is 0. The molecule has 1 rings (SSSR count). The molecular formula is C10H16ClNO. The molecule has 0 aliphatic heterocycles. The third-order valence-corrected chi connectivity index (χ3v) is 1.83. The molecular weight excluding hydrogens is 186 g/mol. The van der Waals surface area contributed by atoms with Crippen LogP contribution in [0.25, 0.3) is 0 Å². The summed E-state index contributed by atoms with van der Waals surface area (Å²) in [6.45, 7) is 1.04. The minimum Gasteiger partial charge on any atom is -0.508 e. The molecule has 2 N–H and O–H groups in total. The predicted molar refractivity (Wildman–Crippen MR) is 57.6 cm³/mol. The van der Waals surface area contributed by atoms with Gasteiger partial charge >= 0.3 is 0 Å². The maximum atomic E-state index is 9.02. The van der Waals surface area contributed by atoms with Crippen molar-refractivity contribution in [3.63, 3.8) is 0 Å². The van der Waals surface area contributed by atoms with Crippen LogP contribution in [0.1, 0.15) is 12.0 Å². The van der Waals surface area contributed by atoms with Crippen molar-refractivity contribution in [2.75, 3.05) is 13.6 Å². The van der Waals surface area contributed by atoms with Crippen LogP contribution < -0.4 is 5.32 Å². The number of rotatable bonds is 4. The smallest absolute Gasteiger partial charge is 0.115 e. The van der Waals surface area contributed by atoms with Crippen molar-refractivity contribution in [3.8, 4) is 5.75 Å². The highest BCUT2D eigenvalue weighted by Gasteiger charge is 1.92. The van der Waals surface area contributed by atoms with Crippen LogP contribution >= 0.6 is 12.4 Å². The Morgan fingerprint density at radius 1 is 1.23 bits per heavy atom. The van der Waals surface area contributed by atoms with Crippen molar-refractivity contribution >= 4 is 12.4 Å². The molecule has 0 radical (unpaired) electrons. The number of phenols is 1. The van der Waals surface area contributed by atoms with E-state index in [0.29, 0.717) is 5.75 Å². The molecule has 0 bridgehead atoms. The molecule has 0 saturated carbocycles. The summed E-state index contributed by atoms with van der Waals surface area (Å²) in [4.78, 5) is 0. The maximum absolute atomic E-state index is 9.02. The van der Waals surface area contributed by atoms with Crippen molar-refractivity contribution < 1.29 is 5.11 Å². The number of nitrogens with one attached hydrogen (secondary N) is 1. The SMILES string of the molecule is CNCCCc1ccc(O)cc1.Cl. The zero-order valence-corrected chi connectivity index (χ0v) is 8.60. The Hall–Kier alpha value is -0.730. The number of hydrogen-bond acceptors (Lipinski definition) is 2. The lowest BCUT2D eigenvalue weighted by molar-refractivity contribution is 0.475. The standard InChI is InChI=1S/C10H15NO.ClH/c1-11-8-2-3-9-4-6-10(12)7-5-9;/h4-7,11-12H,2-3,8H2,1H3;1H. The van der Waals surface area contributed by atoms with Gasteiger partial charge in [-0.2, -0.15) is 0 Å². The van der Waals surface area contributed by atoms with Gasteiger partial charge in [-0.3, -0.25) is 0 Å². The summed E-state index contributed by atoms with van der Waals surface area (Å²) < 4.78 is 0. The van der Waals surface area contributed by atoms with Gasteiger partial charge in [0.2, 0.25) is 0 Å². The highest BCUT2D eigenvalue weighted by atomic mass is 35.5. The fourth-order valence-corrected chi connectivity index (χ4v) is 1.13. The highest BCUT2D eigenvalue weighted by Crippen LogP contribution is 2.10. The van der Waals surface area contributed by atoms with E-state index in [0.717, 1.165) is 19.4 Å². The maximum Gasteiger partial charge on any atom is 0.115 e. The van der Waals surface area contributed by atoms with Gasteiger partial charge in [-0.05, 0) is 44.1 Å². The largest absolute Gasteiger partial charge is 0.508 e. The lowest BCUT2D eigenvalue weighted by Gasteiger charge is -2.00. The molecule has 0 saturated heterocycles. The molecule has 0 heterocycles. The molecule has 0 aliphatic rings. The zero-order chi connectivity index (χ0) is 8.81. The third-order valence-electron chi connectivity index (χ3n) is 1.83. The summed E-state index contributed by atoms with van der Waals surface area (Å²) in [5.74, 6) is 0.340. The first-order valence-electron chi connectivity index (χ1n) is 4.25. The second-order valence-corrected chi connectivity index (χ2v) is 2.87.